The Morgan fingerprint density at radius 3 is 1.71 bits per heavy atom. The minimum Gasteiger partial charge on any atom is -0.312 e. The van der Waals surface area contributed by atoms with Gasteiger partial charge in [0.25, 0.3) is 0 Å². The Kier molecular flexibility index (Phi) is 6.28. The van der Waals surface area contributed by atoms with Crippen molar-refractivity contribution < 1.29 is 0 Å². The van der Waals surface area contributed by atoms with Crippen molar-refractivity contribution in [1.29, 1.82) is 0 Å². The molecule has 10 rings (SSSR count). The summed E-state index contributed by atoms with van der Waals surface area (Å²) >= 11 is 0. The molecule has 0 N–H and O–H groups in total. The van der Waals surface area contributed by atoms with Crippen LogP contribution in [-0.4, -0.2) is 18.7 Å². The standard InChI is InChI=1S/C45H32N4/c1-5-15-31(16-6-1)32-25-27-36(28-26-32)47-39-24-14-13-23-37(39)38-29-30-40-41(42(38)47)43-45(48(40)34-19-9-3-10-20-34)46-44(33-17-7-2-8-18-33)49(43)35-21-11-4-12-22-35/h1-13,15-23,25-30H,14,24H2. The minimum absolute atomic E-state index is 0.926. The second kappa shape index (κ2) is 11.1. The van der Waals surface area contributed by atoms with Crippen LogP contribution in [0.15, 0.2) is 164 Å². The van der Waals surface area contributed by atoms with Crippen molar-refractivity contribution in [2.75, 3.05) is 0 Å². The molecule has 6 aromatic carbocycles. The molecule has 0 spiro atoms. The van der Waals surface area contributed by atoms with Crippen molar-refractivity contribution in [1.82, 2.24) is 18.7 Å². The van der Waals surface area contributed by atoms with Crippen LogP contribution in [0.1, 0.15) is 17.7 Å². The van der Waals surface area contributed by atoms with Crippen LogP contribution in [0.5, 0.6) is 0 Å². The number of benzene rings is 6. The lowest BCUT2D eigenvalue weighted by Crippen LogP contribution is -2.03. The first-order valence-electron chi connectivity index (χ1n) is 17.0. The van der Waals surface area contributed by atoms with Gasteiger partial charge in [-0.25, -0.2) is 4.98 Å². The van der Waals surface area contributed by atoms with Crippen LogP contribution in [0.3, 0.4) is 0 Å². The highest BCUT2D eigenvalue weighted by atomic mass is 15.2. The quantitative estimate of drug-likeness (QED) is 0.186. The fourth-order valence-corrected chi connectivity index (χ4v) is 7.78. The van der Waals surface area contributed by atoms with Gasteiger partial charge in [0, 0.05) is 39.3 Å². The molecule has 4 nitrogen and oxygen atoms in total. The Morgan fingerprint density at radius 2 is 1.04 bits per heavy atom. The van der Waals surface area contributed by atoms with Gasteiger partial charge < -0.3 is 4.57 Å². The minimum atomic E-state index is 0.926. The van der Waals surface area contributed by atoms with E-state index in [1.165, 1.54) is 44.4 Å². The number of hydrogen-bond donors (Lipinski definition) is 0. The Balaban J connectivity index is 1.38. The van der Waals surface area contributed by atoms with E-state index in [4.69, 9.17) is 4.98 Å². The zero-order valence-electron chi connectivity index (χ0n) is 26.9. The highest BCUT2D eigenvalue weighted by Gasteiger charge is 2.28. The van der Waals surface area contributed by atoms with Gasteiger partial charge in [0.1, 0.15) is 11.3 Å². The molecule has 0 bridgehead atoms. The molecule has 49 heavy (non-hydrogen) atoms. The molecule has 0 amide bonds. The average molecular weight is 629 g/mol. The van der Waals surface area contributed by atoms with Gasteiger partial charge >= 0.3 is 0 Å². The van der Waals surface area contributed by atoms with E-state index in [1.807, 2.05) is 0 Å². The summed E-state index contributed by atoms with van der Waals surface area (Å²) in [4.78, 5) is 5.51. The van der Waals surface area contributed by atoms with Crippen molar-refractivity contribution in [3.63, 3.8) is 0 Å². The molecule has 1 aliphatic carbocycles. The monoisotopic (exact) mass is 628 g/mol. The van der Waals surface area contributed by atoms with Crippen molar-refractivity contribution in [2.24, 2.45) is 0 Å². The van der Waals surface area contributed by atoms with Crippen LogP contribution >= 0.6 is 0 Å². The van der Waals surface area contributed by atoms with Gasteiger partial charge in [-0.05, 0) is 66.4 Å². The molecule has 0 unspecified atom stereocenters. The van der Waals surface area contributed by atoms with E-state index < -0.39 is 0 Å². The first-order chi connectivity index (χ1) is 24.3. The summed E-state index contributed by atoms with van der Waals surface area (Å²) in [5, 5.41) is 2.46. The molecule has 0 fully saturated rings. The Bertz CT molecular complexity index is 2660. The van der Waals surface area contributed by atoms with Crippen LogP contribution in [0.4, 0.5) is 0 Å². The molecule has 4 heteroatoms. The summed E-state index contributed by atoms with van der Waals surface area (Å²) in [6, 6.07) is 56.3. The van der Waals surface area contributed by atoms with Crippen LogP contribution in [-0.2, 0) is 6.42 Å². The van der Waals surface area contributed by atoms with Crippen LogP contribution in [0.25, 0.3) is 78.6 Å². The molecule has 3 heterocycles. The largest absolute Gasteiger partial charge is 0.312 e. The molecule has 0 radical (unpaired) electrons. The van der Waals surface area contributed by atoms with Gasteiger partial charge in [0.2, 0.25) is 0 Å². The summed E-state index contributed by atoms with van der Waals surface area (Å²) in [5.41, 5.74) is 13.9. The summed E-state index contributed by atoms with van der Waals surface area (Å²) < 4.78 is 7.25. The third-order valence-electron chi connectivity index (χ3n) is 9.92. The lowest BCUT2D eigenvalue weighted by atomic mass is 10.0. The molecule has 0 saturated heterocycles. The fraction of sp³-hybridized carbons (Fsp3) is 0.0444. The van der Waals surface area contributed by atoms with E-state index >= 15 is 0 Å². The smallest absolute Gasteiger partial charge is 0.165 e. The van der Waals surface area contributed by atoms with Gasteiger partial charge in [0.15, 0.2) is 5.65 Å². The summed E-state index contributed by atoms with van der Waals surface area (Å²) in [6.07, 6.45) is 6.66. The van der Waals surface area contributed by atoms with Crippen LogP contribution in [0.2, 0.25) is 0 Å². The summed E-state index contributed by atoms with van der Waals surface area (Å²) in [5.74, 6) is 0.926. The SMILES string of the molecule is C1=Cc2c(n(-c3ccc(-c4ccccc4)cc3)c3c2ccc2c3c3c(nc(-c4ccccc4)n3-c3ccccc3)n2-c2ccccc2)CC1. The number of para-hydroxylation sites is 2. The first-order valence-corrected chi connectivity index (χ1v) is 17.0. The van der Waals surface area contributed by atoms with E-state index in [9.17, 15) is 0 Å². The van der Waals surface area contributed by atoms with Gasteiger partial charge in [-0.2, -0.15) is 0 Å². The lowest BCUT2D eigenvalue weighted by molar-refractivity contribution is 0.890. The maximum Gasteiger partial charge on any atom is 0.165 e. The summed E-state index contributed by atoms with van der Waals surface area (Å²) in [7, 11) is 0. The summed E-state index contributed by atoms with van der Waals surface area (Å²) in [6.45, 7) is 0. The van der Waals surface area contributed by atoms with E-state index in [0.29, 0.717) is 0 Å². The van der Waals surface area contributed by atoms with E-state index in [-0.39, 0.29) is 0 Å². The van der Waals surface area contributed by atoms with Gasteiger partial charge in [-0.3, -0.25) is 9.13 Å². The number of imidazole rings is 1. The third kappa shape index (κ3) is 4.27. The maximum absolute atomic E-state index is 5.51. The zero-order valence-corrected chi connectivity index (χ0v) is 26.9. The highest BCUT2D eigenvalue weighted by Crippen LogP contribution is 2.44. The Morgan fingerprint density at radius 1 is 0.469 bits per heavy atom. The number of aromatic nitrogens is 4. The highest BCUT2D eigenvalue weighted by molar-refractivity contribution is 6.21. The van der Waals surface area contributed by atoms with Gasteiger partial charge in [-0.1, -0.05) is 127 Å². The van der Waals surface area contributed by atoms with Crippen LogP contribution in [0, 0.1) is 0 Å². The number of hydrogen-bond acceptors (Lipinski definition) is 1. The van der Waals surface area contributed by atoms with Crippen molar-refractivity contribution in [3.05, 3.63) is 175 Å². The maximum atomic E-state index is 5.51. The van der Waals surface area contributed by atoms with Gasteiger partial charge in [-0.15, -0.1) is 0 Å². The molecule has 1 aliphatic rings. The molecule has 0 atom stereocenters. The molecule has 232 valence electrons. The van der Waals surface area contributed by atoms with E-state index in [2.05, 4.69) is 184 Å². The molecular weight excluding hydrogens is 597 g/mol. The number of fused-ring (bicyclic) bond motifs is 7. The molecule has 0 aliphatic heterocycles. The lowest BCUT2D eigenvalue weighted by Gasteiger charge is -2.15. The second-order valence-corrected chi connectivity index (χ2v) is 12.7. The second-order valence-electron chi connectivity index (χ2n) is 12.7. The first kappa shape index (κ1) is 27.7. The number of nitrogens with zero attached hydrogens (tertiary/aromatic N) is 4. The zero-order chi connectivity index (χ0) is 32.3. The average Bonchev–Trinajstić information content (AvgIpc) is 3.83. The Hall–Kier alpha value is -6.39. The van der Waals surface area contributed by atoms with Crippen molar-refractivity contribution in [2.45, 2.75) is 12.8 Å². The number of rotatable bonds is 5. The van der Waals surface area contributed by atoms with E-state index in [0.717, 1.165) is 52.3 Å². The normalized spacial score (nSPS) is 12.7. The predicted molar refractivity (Wildman–Crippen MR) is 203 cm³/mol. The topological polar surface area (TPSA) is 27.7 Å². The molecule has 3 aromatic heterocycles. The molecular formula is C45H32N4. The fourth-order valence-electron chi connectivity index (χ4n) is 7.78. The number of allylic oxidation sites excluding steroid dienone is 1. The molecule has 9 aromatic rings. The van der Waals surface area contributed by atoms with E-state index in [1.54, 1.807) is 0 Å². The van der Waals surface area contributed by atoms with Crippen molar-refractivity contribution in [3.8, 4) is 39.6 Å². The molecule has 0 saturated carbocycles. The van der Waals surface area contributed by atoms with Crippen molar-refractivity contribution >= 4 is 39.0 Å². The Labute approximate surface area is 284 Å². The third-order valence-corrected chi connectivity index (χ3v) is 9.92. The van der Waals surface area contributed by atoms with Crippen LogP contribution < -0.4 is 0 Å². The van der Waals surface area contributed by atoms with Gasteiger partial charge in [0.05, 0.1) is 16.4 Å². The predicted octanol–water partition coefficient (Wildman–Crippen LogP) is 11.2.